The first-order chi connectivity index (χ1) is 5.86. The van der Waals surface area contributed by atoms with Crippen LogP contribution in [0.15, 0.2) is 36.5 Å². The number of nitrogens with zero attached hydrogens (tertiary/aromatic N) is 1. The van der Waals surface area contributed by atoms with E-state index in [9.17, 15) is 0 Å². The maximum Gasteiger partial charge on any atom is 0.0801 e. The fourth-order valence-corrected chi connectivity index (χ4v) is 1.93. The van der Waals surface area contributed by atoms with Crippen molar-refractivity contribution >= 4 is 11.3 Å². The molecule has 0 bridgehead atoms. The zero-order valence-electron chi connectivity index (χ0n) is 6.82. The van der Waals surface area contributed by atoms with Gasteiger partial charge in [0.1, 0.15) is 0 Å². The molecule has 0 saturated heterocycles. The first-order valence-corrected chi connectivity index (χ1v) is 4.66. The molecule has 2 heteroatoms. The average Bonchev–Trinajstić information content (AvgIpc) is 2.54. The van der Waals surface area contributed by atoms with Crippen molar-refractivity contribution in [1.29, 1.82) is 0 Å². The highest BCUT2D eigenvalue weighted by atomic mass is 32.1. The van der Waals surface area contributed by atoms with Gasteiger partial charge < -0.3 is 0 Å². The zero-order chi connectivity index (χ0) is 8.39. The molecule has 60 valence electrons. The van der Waals surface area contributed by atoms with Gasteiger partial charge >= 0.3 is 0 Å². The van der Waals surface area contributed by atoms with Gasteiger partial charge in [-0.15, -0.1) is 11.3 Å². The topological polar surface area (TPSA) is 12.9 Å². The van der Waals surface area contributed by atoms with Crippen molar-refractivity contribution in [3.8, 4) is 10.6 Å². The van der Waals surface area contributed by atoms with Crippen LogP contribution >= 0.6 is 11.3 Å². The minimum absolute atomic E-state index is 1.07. The smallest absolute Gasteiger partial charge is 0.0801 e. The predicted molar refractivity (Wildman–Crippen MR) is 52.3 cm³/mol. The highest BCUT2D eigenvalue weighted by Gasteiger charge is 1.99. The molecule has 0 radical (unpaired) electrons. The van der Waals surface area contributed by atoms with Gasteiger partial charge in [0.25, 0.3) is 0 Å². The van der Waals surface area contributed by atoms with E-state index in [4.69, 9.17) is 0 Å². The van der Waals surface area contributed by atoms with E-state index < -0.39 is 0 Å². The molecule has 0 saturated carbocycles. The Kier molecular flexibility index (Phi) is 1.92. The maximum absolute atomic E-state index is 4.27. The van der Waals surface area contributed by atoms with Gasteiger partial charge in [0.2, 0.25) is 0 Å². The van der Waals surface area contributed by atoms with E-state index >= 15 is 0 Å². The molecule has 0 spiro atoms. The van der Waals surface area contributed by atoms with Gasteiger partial charge in [0, 0.05) is 11.1 Å². The summed E-state index contributed by atoms with van der Waals surface area (Å²) in [5.74, 6) is 0. The van der Waals surface area contributed by atoms with E-state index in [0.29, 0.717) is 0 Å². The number of thiophene rings is 1. The van der Waals surface area contributed by atoms with Crippen LogP contribution < -0.4 is 0 Å². The van der Waals surface area contributed by atoms with Crippen molar-refractivity contribution in [2.24, 2.45) is 0 Å². The molecule has 0 amide bonds. The number of aryl methyl sites for hydroxylation is 1. The number of pyridine rings is 1. The molecule has 2 heterocycles. The van der Waals surface area contributed by atoms with Crippen LogP contribution in [-0.4, -0.2) is 4.98 Å². The summed E-state index contributed by atoms with van der Waals surface area (Å²) in [6, 6.07) is 10.2. The number of hydrogen-bond acceptors (Lipinski definition) is 2. The number of hydrogen-bond donors (Lipinski definition) is 0. The van der Waals surface area contributed by atoms with Gasteiger partial charge in [0.05, 0.1) is 10.6 Å². The Balaban J connectivity index is 2.45. The van der Waals surface area contributed by atoms with Gasteiger partial charge in [-0.1, -0.05) is 6.07 Å². The molecule has 0 unspecified atom stereocenters. The van der Waals surface area contributed by atoms with Crippen molar-refractivity contribution in [2.45, 2.75) is 6.92 Å². The Morgan fingerprint density at radius 2 is 2.08 bits per heavy atom. The summed E-state index contributed by atoms with van der Waals surface area (Å²) >= 11 is 1.78. The molecule has 12 heavy (non-hydrogen) atoms. The molecular formula is C10H9NS. The van der Waals surface area contributed by atoms with Crippen molar-refractivity contribution < 1.29 is 0 Å². The summed E-state index contributed by atoms with van der Waals surface area (Å²) < 4.78 is 0. The van der Waals surface area contributed by atoms with Crippen LogP contribution in [0.2, 0.25) is 0 Å². The van der Waals surface area contributed by atoms with E-state index in [0.717, 1.165) is 5.69 Å². The summed E-state index contributed by atoms with van der Waals surface area (Å²) in [6.45, 7) is 2.11. The second-order valence-electron chi connectivity index (χ2n) is 2.63. The van der Waals surface area contributed by atoms with Crippen LogP contribution in [0.5, 0.6) is 0 Å². The SMILES string of the molecule is Cc1ccc(-c2ccccn2)s1. The van der Waals surface area contributed by atoms with Crippen LogP contribution in [0.3, 0.4) is 0 Å². The Morgan fingerprint density at radius 3 is 2.67 bits per heavy atom. The molecule has 0 aliphatic heterocycles. The lowest BCUT2D eigenvalue weighted by molar-refractivity contribution is 1.34. The largest absolute Gasteiger partial charge is 0.255 e. The Bertz CT molecular complexity index is 364. The van der Waals surface area contributed by atoms with Gasteiger partial charge in [-0.05, 0) is 31.2 Å². The van der Waals surface area contributed by atoms with E-state index in [1.165, 1.54) is 9.75 Å². The molecule has 0 N–H and O–H groups in total. The lowest BCUT2D eigenvalue weighted by atomic mass is 10.3. The quantitative estimate of drug-likeness (QED) is 0.649. The minimum Gasteiger partial charge on any atom is -0.255 e. The lowest BCUT2D eigenvalue weighted by Gasteiger charge is -1.92. The predicted octanol–water partition coefficient (Wildman–Crippen LogP) is 3.12. The zero-order valence-corrected chi connectivity index (χ0v) is 7.64. The summed E-state index contributed by atoms with van der Waals surface area (Å²) in [7, 11) is 0. The highest BCUT2D eigenvalue weighted by molar-refractivity contribution is 7.15. The van der Waals surface area contributed by atoms with E-state index in [1.807, 2.05) is 24.4 Å². The normalized spacial score (nSPS) is 10.1. The third kappa shape index (κ3) is 1.38. The molecule has 0 aliphatic carbocycles. The van der Waals surface area contributed by atoms with Gasteiger partial charge in [0.15, 0.2) is 0 Å². The van der Waals surface area contributed by atoms with Crippen LogP contribution in [-0.2, 0) is 0 Å². The van der Waals surface area contributed by atoms with Crippen LogP contribution in [0.1, 0.15) is 4.88 Å². The molecular weight excluding hydrogens is 166 g/mol. The van der Waals surface area contributed by atoms with E-state index in [1.54, 1.807) is 11.3 Å². The van der Waals surface area contributed by atoms with Crippen LogP contribution in [0, 0.1) is 6.92 Å². The first-order valence-electron chi connectivity index (χ1n) is 3.84. The Hall–Kier alpha value is -1.15. The molecule has 0 fully saturated rings. The van der Waals surface area contributed by atoms with Crippen LogP contribution in [0.4, 0.5) is 0 Å². The average molecular weight is 175 g/mol. The summed E-state index contributed by atoms with van der Waals surface area (Å²) in [5.41, 5.74) is 1.07. The number of rotatable bonds is 1. The van der Waals surface area contributed by atoms with Gasteiger partial charge in [-0.25, -0.2) is 0 Å². The summed E-state index contributed by atoms with van der Waals surface area (Å²) in [5, 5.41) is 0. The fourth-order valence-electron chi connectivity index (χ4n) is 1.08. The molecule has 1 nitrogen and oxygen atoms in total. The molecule has 0 aliphatic rings. The Labute approximate surface area is 75.7 Å². The summed E-state index contributed by atoms with van der Waals surface area (Å²) in [6.07, 6.45) is 1.82. The first kappa shape index (κ1) is 7.50. The standard InChI is InChI=1S/C10H9NS/c1-8-5-6-10(12-8)9-4-2-3-7-11-9/h2-7H,1H3. The highest BCUT2D eigenvalue weighted by Crippen LogP contribution is 2.25. The molecule has 0 atom stereocenters. The monoisotopic (exact) mass is 175 g/mol. The Morgan fingerprint density at radius 1 is 1.17 bits per heavy atom. The van der Waals surface area contributed by atoms with E-state index in [2.05, 4.69) is 24.0 Å². The van der Waals surface area contributed by atoms with Crippen LogP contribution in [0.25, 0.3) is 10.6 Å². The van der Waals surface area contributed by atoms with Crippen molar-refractivity contribution in [1.82, 2.24) is 4.98 Å². The van der Waals surface area contributed by atoms with E-state index in [-0.39, 0.29) is 0 Å². The molecule has 2 aromatic heterocycles. The third-order valence-corrected chi connectivity index (χ3v) is 2.68. The third-order valence-electron chi connectivity index (χ3n) is 1.66. The second kappa shape index (κ2) is 3.07. The second-order valence-corrected chi connectivity index (χ2v) is 3.91. The summed E-state index contributed by atoms with van der Waals surface area (Å²) in [4.78, 5) is 6.85. The maximum atomic E-state index is 4.27. The van der Waals surface area contributed by atoms with Crippen molar-refractivity contribution in [2.75, 3.05) is 0 Å². The lowest BCUT2D eigenvalue weighted by Crippen LogP contribution is -1.75. The fraction of sp³-hybridized carbons (Fsp3) is 0.100. The van der Waals surface area contributed by atoms with Crippen molar-refractivity contribution in [3.05, 3.63) is 41.4 Å². The molecule has 0 aromatic carbocycles. The molecule has 2 aromatic rings. The van der Waals surface area contributed by atoms with Gasteiger partial charge in [-0.3, -0.25) is 4.98 Å². The van der Waals surface area contributed by atoms with Crippen molar-refractivity contribution in [3.63, 3.8) is 0 Å². The number of aromatic nitrogens is 1. The molecule has 2 rings (SSSR count). The van der Waals surface area contributed by atoms with Gasteiger partial charge in [-0.2, -0.15) is 0 Å². The minimum atomic E-state index is 1.07.